The van der Waals surface area contributed by atoms with Crippen LogP contribution in [0.25, 0.3) is 0 Å². The molecule has 0 spiro atoms. The lowest BCUT2D eigenvalue weighted by Gasteiger charge is -2.22. The van der Waals surface area contributed by atoms with E-state index in [1.807, 2.05) is 0 Å². The molecule has 0 rings (SSSR count). The smallest absolute Gasteiger partial charge is 0.314 e. The van der Waals surface area contributed by atoms with E-state index in [4.69, 9.17) is 5.11 Å². The van der Waals surface area contributed by atoms with Crippen LogP contribution in [0.5, 0.6) is 0 Å². The molecule has 0 aromatic rings. The highest BCUT2D eigenvalue weighted by Gasteiger charge is 2.30. The molecule has 2 unspecified atom stereocenters. The van der Waals surface area contributed by atoms with Crippen LogP contribution in [0.15, 0.2) is 0 Å². The average molecular weight is 243 g/mol. The van der Waals surface area contributed by atoms with Crippen molar-refractivity contribution in [1.82, 2.24) is 4.90 Å². The molecule has 2 atom stereocenters. The van der Waals surface area contributed by atoms with E-state index in [1.165, 1.54) is 0 Å². The van der Waals surface area contributed by atoms with Crippen molar-refractivity contribution in [3.8, 4) is 0 Å². The summed E-state index contributed by atoms with van der Waals surface area (Å²) in [5.74, 6) is -2.01. The summed E-state index contributed by atoms with van der Waals surface area (Å²) >= 11 is 0. The molecule has 0 amide bonds. The first-order valence-electron chi connectivity index (χ1n) is 6.34. The third-order valence-electron chi connectivity index (χ3n) is 3.17. The highest BCUT2D eigenvalue weighted by molar-refractivity contribution is 6.00. The Bertz CT molecular complexity index is 251. The summed E-state index contributed by atoms with van der Waals surface area (Å²) in [7, 11) is 3.58. The zero-order valence-electron chi connectivity index (χ0n) is 11.4. The minimum Gasteiger partial charge on any atom is -0.481 e. The quantitative estimate of drug-likeness (QED) is 0.498. The zero-order valence-corrected chi connectivity index (χ0v) is 11.4. The fraction of sp³-hybridized carbons (Fsp3) is 0.846. The molecule has 0 aromatic carbocycles. The van der Waals surface area contributed by atoms with E-state index in [0.717, 1.165) is 25.7 Å². The van der Waals surface area contributed by atoms with Gasteiger partial charge in [0.2, 0.25) is 0 Å². The SMILES string of the molecule is CCCCCCC(C(=O)O)C(=O)C(C)N(C)C. The van der Waals surface area contributed by atoms with Gasteiger partial charge in [0, 0.05) is 0 Å². The Morgan fingerprint density at radius 2 is 1.76 bits per heavy atom. The van der Waals surface area contributed by atoms with Gasteiger partial charge in [-0.15, -0.1) is 0 Å². The van der Waals surface area contributed by atoms with Crippen LogP contribution in [0, 0.1) is 5.92 Å². The van der Waals surface area contributed by atoms with E-state index >= 15 is 0 Å². The molecule has 4 heteroatoms. The topological polar surface area (TPSA) is 57.6 Å². The highest BCUT2D eigenvalue weighted by atomic mass is 16.4. The van der Waals surface area contributed by atoms with Crippen LogP contribution >= 0.6 is 0 Å². The molecule has 0 aliphatic rings. The van der Waals surface area contributed by atoms with Crippen LogP contribution in [0.4, 0.5) is 0 Å². The molecule has 0 saturated carbocycles. The van der Waals surface area contributed by atoms with Gasteiger partial charge in [0.15, 0.2) is 5.78 Å². The number of hydrogen-bond donors (Lipinski definition) is 1. The first-order chi connectivity index (χ1) is 7.91. The number of carboxylic acid groups (broad SMARTS) is 1. The van der Waals surface area contributed by atoms with E-state index in [9.17, 15) is 9.59 Å². The van der Waals surface area contributed by atoms with Crippen LogP contribution in [-0.2, 0) is 9.59 Å². The van der Waals surface area contributed by atoms with Gasteiger partial charge in [0.25, 0.3) is 0 Å². The maximum Gasteiger partial charge on any atom is 0.314 e. The molecule has 0 aliphatic heterocycles. The summed E-state index contributed by atoms with van der Waals surface area (Å²) in [5.41, 5.74) is 0. The van der Waals surface area contributed by atoms with Crippen LogP contribution in [0.2, 0.25) is 0 Å². The summed E-state index contributed by atoms with van der Waals surface area (Å²) in [4.78, 5) is 24.8. The van der Waals surface area contributed by atoms with Crippen LogP contribution in [0.1, 0.15) is 46.0 Å². The van der Waals surface area contributed by atoms with Gasteiger partial charge in [-0.2, -0.15) is 0 Å². The molecular formula is C13H25NO3. The summed E-state index contributed by atoms with van der Waals surface area (Å²) in [6.07, 6.45) is 4.50. The Morgan fingerprint density at radius 3 is 2.18 bits per heavy atom. The van der Waals surface area contributed by atoms with Crippen molar-refractivity contribution in [2.24, 2.45) is 5.92 Å². The number of unbranched alkanes of at least 4 members (excludes halogenated alkanes) is 3. The lowest BCUT2D eigenvalue weighted by molar-refractivity contribution is -0.147. The third-order valence-corrected chi connectivity index (χ3v) is 3.17. The molecule has 0 fully saturated rings. The summed E-state index contributed by atoms with van der Waals surface area (Å²) in [6.45, 7) is 3.86. The predicted molar refractivity (Wildman–Crippen MR) is 68.0 cm³/mol. The van der Waals surface area contributed by atoms with Crippen molar-refractivity contribution in [3.05, 3.63) is 0 Å². The lowest BCUT2D eigenvalue weighted by Crippen LogP contribution is -2.39. The second-order valence-corrected chi connectivity index (χ2v) is 4.78. The fourth-order valence-electron chi connectivity index (χ4n) is 1.71. The Balaban J connectivity index is 4.32. The molecule has 1 N–H and O–H groups in total. The number of aliphatic carboxylic acids is 1. The second-order valence-electron chi connectivity index (χ2n) is 4.78. The normalized spacial score (nSPS) is 14.6. The van der Waals surface area contributed by atoms with Gasteiger partial charge in [-0.25, -0.2) is 0 Å². The number of ketones is 1. The summed E-state index contributed by atoms with van der Waals surface area (Å²) < 4.78 is 0. The standard InChI is InChI=1S/C13H25NO3/c1-5-6-7-8-9-11(13(16)17)12(15)10(2)14(3)4/h10-11H,5-9H2,1-4H3,(H,16,17). The van der Waals surface area contributed by atoms with Gasteiger partial charge in [-0.3, -0.25) is 14.5 Å². The molecule has 0 bridgehead atoms. The Morgan fingerprint density at radius 1 is 1.18 bits per heavy atom. The third kappa shape index (κ3) is 5.82. The molecule has 17 heavy (non-hydrogen) atoms. The molecule has 100 valence electrons. The minimum absolute atomic E-state index is 0.181. The summed E-state index contributed by atoms with van der Waals surface area (Å²) in [5, 5.41) is 9.09. The van der Waals surface area contributed by atoms with Crippen molar-refractivity contribution in [2.45, 2.75) is 52.0 Å². The molecule has 0 aromatic heterocycles. The van der Waals surface area contributed by atoms with Crippen molar-refractivity contribution in [2.75, 3.05) is 14.1 Å². The van der Waals surface area contributed by atoms with Gasteiger partial charge in [0.05, 0.1) is 6.04 Å². The fourth-order valence-corrected chi connectivity index (χ4v) is 1.71. The largest absolute Gasteiger partial charge is 0.481 e. The minimum atomic E-state index is -0.986. The van der Waals surface area contributed by atoms with Crippen LogP contribution in [-0.4, -0.2) is 41.9 Å². The number of carbonyl (C=O) groups is 2. The van der Waals surface area contributed by atoms with Crippen molar-refractivity contribution >= 4 is 11.8 Å². The zero-order chi connectivity index (χ0) is 13.4. The van der Waals surface area contributed by atoms with Gasteiger partial charge in [-0.05, 0) is 27.4 Å². The van der Waals surface area contributed by atoms with Crippen molar-refractivity contribution in [1.29, 1.82) is 0 Å². The first-order valence-corrected chi connectivity index (χ1v) is 6.34. The lowest BCUT2D eigenvalue weighted by atomic mass is 9.92. The molecule has 0 heterocycles. The number of rotatable bonds is 9. The first kappa shape index (κ1) is 16.1. The number of hydrogen-bond acceptors (Lipinski definition) is 3. The number of nitrogens with zero attached hydrogens (tertiary/aromatic N) is 1. The highest BCUT2D eigenvalue weighted by Crippen LogP contribution is 2.15. The maximum absolute atomic E-state index is 12.0. The van der Waals surface area contributed by atoms with Crippen LogP contribution in [0.3, 0.4) is 0 Å². The molecule has 0 radical (unpaired) electrons. The molecule has 4 nitrogen and oxygen atoms in total. The van der Waals surface area contributed by atoms with E-state index in [-0.39, 0.29) is 11.8 Å². The van der Waals surface area contributed by atoms with Gasteiger partial charge in [-0.1, -0.05) is 32.6 Å². The molecule has 0 aliphatic carbocycles. The summed E-state index contributed by atoms with van der Waals surface area (Å²) in [6, 6.07) is -0.331. The second kappa shape index (κ2) is 8.23. The number of carboxylic acids is 1. The van der Waals surface area contributed by atoms with E-state index < -0.39 is 11.9 Å². The monoisotopic (exact) mass is 243 g/mol. The Kier molecular flexibility index (Phi) is 7.79. The van der Waals surface area contributed by atoms with Gasteiger partial charge >= 0.3 is 5.97 Å². The van der Waals surface area contributed by atoms with E-state index in [2.05, 4.69) is 6.92 Å². The molecular weight excluding hydrogens is 218 g/mol. The Labute approximate surface area is 104 Å². The van der Waals surface area contributed by atoms with Crippen LogP contribution < -0.4 is 0 Å². The average Bonchev–Trinajstić information content (AvgIpc) is 2.26. The number of carbonyl (C=O) groups excluding carboxylic acids is 1. The van der Waals surface area contributed by atoms with Crippen molar-refractivity contribution in [3.63, 3.8) is 0 Å². The number of Topliss-reactive ketones (excluding diaryl/α,β-unsaturated/α-hetero) is 1. The van der Waals surface area contributed by atoms with E-state index in [0.29, 0.717) is 6.42 Å². The predicted octanol–water partition coefficient (Wildman–Crippen LogP) is 2.18. The van der Waals surface area contributed by atoms with E-state index in [1.54, 1.807) is 25.9 Å². The number of likely N-dealkylation sites (N-methyl/N-ethyl adjacent to an activating group) is 1. The van der Waals surface area contributed by atoms with Gasteiger partial charge in [0.1, 0.15) is 5.92 Å². The molecule has 0 saturated heterocycles. The maximum atomic E-state index is 12.0. The van der Waals surface area contributed by atoms with Crippen molar-refractivity contribution < 1.29 is 14.7 Å². The van der Waals surface area contributed by atoms with Gasteiger partial charge < -0.3 is 5.11 Å². The Hall–Kier alpha value is -0.900.